The molecule has 0 bridgehead atoms. The zero-order valence-corrected chi connectivity index (χ0v) is 22.2. The number of hydrogen-bond donors (Lipinski definition) is 2. The van der Waals surface area contributed by atoms with Crippen LogP contribution in [0.5, 0.6) is 0 Å². The summed E-state index contributed by atoms with van der Waals surface area (Å²) in [5, 5.41) is 6.72. The number of nitrogens with one attached hydrogen (secondary N) is 2. The van der Waals surface area contributed by atoms with Gasteiger partial charge in [0.25, 0.3) is 5.56 Å². The van der Waals surface area contributed by atoms with Crippen LogP contribution >= 0.6 is 11.8 Å². The third-order valence-electron chi connectivity index (χ3n) is 6.37. The first-order valence-corrected chi connectivity index (χ1v) is 13.9. The van der Waals surface area contributed by atoms with Crippen LogP contribution in [-0.4, -0.2) is 45.7 Å². The number of carbonyl (C=O) groups excluding carboxylic acids is 3. The topological polar surface area (TPSA) is 119 Å². The van der Waals surface area contributed by atoms with Crippen LogP contribution < -0.4 is 16.2 Å². The normalized spacial score (nSPS) is 13.7. The molecule has 0 saturated heterocycles. The molecule has 0 aliphatic heterocycles. The minimum absolute atomic E-state index is 0.0126. The molecule has 1 heterocycles. The lowest BCUT2D eigenvalue weighted by Crippen LogP contribution is -2.37. The Balaban J connectivity index is 1.42. The van der Waals surface area contributed by atoms with Crippen LogP contribution in [0.25, 0.3) is 10.9 Å². The molecule has 0 spiro atoms. The van der Waals surface area contributed by atoms with Gasteiger partial charge in [0, 0.05) is 24.7 Å². The fraction of sp³-hybridized carbons (Fsp3) is 0.393. The van der Waals surface area contributed by atoms with E-state index >= 15 is 0 Å². The number of aromatic nitrogens is 2. The largest absolute Gasteiger partial charge is 0.462 e. The highest BCUT2D eigenvalue weighted by molar-refractivity contribution is 7.99. The van der Waals surface area contributed by atoms with E-state index in [9.17, 15) is 19.2 Å². The fourth-order valence-corrected chi connectivity index (χ4v) is 5.27. The second kappa shape index (κ2) is 13.2. The fourth-order valence-electron chi connectivity index (χ4n) is 4.45. The zero-order chi connectivity index (χ0) is 26.9. The van der Waals surface area contributed by atoms with Crippen molar-refractivity contribution in [1.29, 1.82) is 0 Å². The molecule has 1 saturated carbocycles. The number of anilines is 1. The van der Waals surface area contributed by atoms with Crippen LogP contribution in [0.3, 0.4) is 0 Å². The molecule has 3 aromatic rings. The van der Waals surface area contributed by atoms with Gasteiger partial charge in [-0.15, -0.1) is 0 Å². The number of thioether (sulfide) groups is 1. The van der Waals surface area contributed by atoms with Crippen molar-refractivity contribution >= 4 is 46.1 Å². The Kier molecular flexibility index (Phi) is 9.53. The SMILES string of the molecule is CCOC(=O)c1ccc(NC(=O)CSc2nc3ccccc3c(=O)n2CCC(=O)NC2CCCCC2)cc1. The van der Waals surface area contributed by atoms with E-state index in [1.165, 1.54) is 11.0 Å². The van der Waals surface area contributed by atoms with Gasteiger partial charge in [-0.25, -0.2) is 9.78 Å². The number of esters is 1. The van der Waals surface area contributed by atoms with Crippen LogP contribution in [0.15, 0.2) is 58.5 Å². The summed E-state index contributed by atoms with van der Waals surface area (Å²) in [6.07, 6.45) is 5.59. The van der Waals surface area contributed by atoms with Crippen molar-refractivity contribution in [3.63, 3.8) is 0 Å². The molecule has 0 unspecified atom stereocenters. The molecule has 200 valence electrons. The van der Waals surface area contributed by atoms with Gasteiger partial charge in [0.05, 0.1) is 28.8 Å². The Hall–Kier alpha value is -3.66. The van der Waals surface area contributed by atoms with Crippen molar-refractivity contribution < 1.29 is 19.1 Å². The number of hydrogen-bond acceptors (Lipinski definition) is 7. The van der Waals surface area contributed by atoms with E-state index in [0.717, 1.165) is 37.4 Å². The molecule has 1 fully saturated rings. The van der Waals surface area contributed by atoms with Crippen molar-refractivity contribution in [2.24, 2.45) is 0 Å². The molecule has 9 nitrogen and oxygen atoms in total. The lowest BCUT2D eigenvalue weighted by molar-refractivity contribution is -0.122. The van der Waals surface area contributed by atoms with Gasteiger partial charge < -0.3 is 15.4 Å². The van der Waals surface area contributed by atoms with Crippen molar-refractivity contribution in [2.45, 2.75) is 63.2 Å². The van der Waals surface area contributed by atoms with E-state index in [4.69, 9.17) is 4.74 Å². The maximum absolute atomic E-state index is 13.3. The van der Waals surface area contributed by atoms with Crippen LogP contribution in [0, 0.1) is 0 Å². The number of ether oxygens (including phenoxy) is 1. The summed E-state index contributed by atoms with van der Waals surface area (Å²) in [5.74, 6) is -0.785. The van der Waals surface area contributed by atoms with E-state index in [2.05, 4.69) is 15.6 Å². The molecule has 1 aliphatic rings. The molecule has 0 atom stereocenters. The average molecular weight is 537 g/mol. The molecule has 0 radical (unpaired) electrons. The van der Waals surface area contributed by atoms with Gasteiger partial charge in [-0.05, 0) is 56.2 Å². The highest BCUT2D eigenvalue weighted by Gasteiger charge is 2.18. The van der Waals surface area contributed by atoms with Gasteiger partial charge >= 0.3 is 5.97 Å². The van der Waals surface area contributed by atoms with Crippen LogP contribution in [0.4, 0.5) is 5.69 Å². The maximum Gasteiger partial charge on any atom is 0.338 e. The summed E-state index contributed by atoms with van der Waals surface area (Å²) in [6, 6.07) is 13.7. The Morgan fingerprint density at radius 3 is 2.50 bits per heavy atom. The number of nitrogens with zero attached hydrogens (tertiary/aromatic N) is 2. The highest BCUT2D eigenvalue weighted by Crippen LogP contribution is 2.20. The minimum atomic E-state index is -0.422. The van der Waals surface area contributed by atoms with Gasteiger partial charge in [0.15, 0.2) is 5.16 Å². The first kappa shape index (κ1) is 27.4. The number of benzene rings is 2. The summed E-state index contributed by atoms with van der Waals surface area (Å²) >= 11 is 1.14. The van der Waals surface area contributed by atoms with E-state index in [1.807, 2.05) is 0 Å². The third kappa shape index (κ3) is 7.22. The lowest BCUT2D eigenvalue weighted by Gasteiger charge is -2.23. The van der Waals surface area contributed by atoms with Crippen molar-refractivity contribution in [2.75, 3.05) is 17.7 Å². The summed E-state index contributed by atoms with van der Waals surface area (Å²) in [5.41, 5.74) is 1.24. The first-order chi connectivity index (χ1) is 18.4. The minimum Gasteiger partial charge on any atom is -0.462 e. The predicted molar refractivity (Wildman–Crippen MR) is 147 cm³/mol. The van der Waals surface area contributed by atoms with Crippen molar-refractivity contribution in [3.8, 4) is 0 Å². The Labute approximate surface area is 225 Å². The molecule has 10 heteroatoms. The van der Waals surface area contributed by atoms with Gasteiger partial charge in [0.1, 0.15) is 0 Å². The number of carbonyl (C=O) groups is 3. The molecule has 1 aliphatic carbocycles. The second-order valence-corrected chi connectivity index (χ2v) is 10.1. The van der Waals surface area contributed by atoms with Crippen LogP contribution in [-0.2, 0) is 20.9 Å². The highest BCUT2D eigenvalue weighted by atomic mass is 32.2. The molecule has 2 aromatic carbocycles. The molecular weight excluding hydrogens is 504 g/mol. The first-order valence-electron chi connectivity index (χ1n) is 12.9. The Morgan fingerprint density at radius 2 is 1.76 bits per heavy atom. The van der Waals surface area contributed by atoms with Crippen LogP contribution in [0.2, 0.25) is 0 Å². The Morgan fingerprint density at radius 1 is 1.03 bits per heavy atom. The van der Waals surface area contributed by atoms with E-state index in [1.54, 1.807) is 55.5 Å². The number of rotatable bonds is 10. The lowest BCUT2D eigenvalue weighted by atomic mass is 9.95. The summed E-state index contributed by atoms with van der Waals surface area (Å²) < 4.78 is 6.45. The molecule has 4 rings (SSSR count). The summed E-state index contributed by atoms with van der Waals surface area (Å²) in [6.45, 7) is 2.20. The molecular formula is C28H32N4O5S. The van der Waals surface area contributed by atoms with Crippen molar-refractivity contribution in [1.82, 2.24) is 14.9 Å². The van der Waals surface area contributed by atoms with E-state index in [-0.39, 0.29) is 48.7 Å². The van der Waals surface area contributed by atoms with E-state index in [0.29, 0.717) is 27.3 Å². The average Bonchev–Trinajstić information content (AvgIpc) is 2.92. The standard InChI is InChI=1S/C28H32N4O5S/c1-2-37-27(36)19-12-14-21(15-13-19)30-25(34)18-38-28-31-23-11-7-6-10-22(23)26(35)32(28)17-16-24(33)29-20-8-4-3-5-9-20/h6-7,10-15,20H,2-5,8-9,16-18H2,1H3,(H,29,33)(H,30,34). The smallest absolute Gasteiger partial charge is 0.338 e. The molecule has 1 aromatic heterocycles. The third-order valence-corrected chi connectivity index (χ3v) is 7.35. The number of para-hydroxylation sites is 1. The number of fused-ring (bicyclic) bond motifs is 1. The summed E-state index contributed by atoms with van der Waals surface area (Å²) in [4.78, 5) is 54.9. The van der Waals surface area contributed by atoms with Crippen molar-refractivity contribution in [3.05, 3.63) is 64.4 Å². The number of amides is 2. The zero-order valence-electron chi connectivity index (χ0n) is 21.4. The molecule has 2 N–H and O–H groups in total. The maximum atomic E-state index is 13.3. The Bertz CT molecular complexity index is 1350. The van der Waals surface area contributed by atoms with E-state index < -0.39 is 5.97 Å². The molecule has 38 heavy (non-hydrogen) atoms. The quantitative estimate of drug-likeness (QED) is 0.227. The van der Waals surface area contributed by atoms with Gasteiger partial charge in [0.2, 0.25) is 11.8 Å². The van der Waals surface area contributed by atoms with Gasteiger partial charge in [-0.2, -0.15) is 0 Å². The van der Waals surface area contributed by atoms with Gasteiger partial charge in [-0.3, -0.25) is 19.0 Å². The second-order valence-electron chi connectivity index (χ2n) is 9.16. The monoisotopic (exact) mass is 536 g/mol. The summed E-state index contributed by atoms with van der Waals surface area (Å²) in [7, 11) is 0. The van der Waals surface area contributed by atoms with Crippen LogP contribution in [0.1, 0.15) is 55.8 Å². The molecule has 2 amide bonds. The van der Waals surface area contributed by atoms with Gasteiger partial charge in [-0.1, -0.05) is 43.2 Å². The predicted octanol–water partition coefficient (Wildman–Crippen LogP) is 4.14.